The van der Waals surface area contributed by atoms with Crippen molar-refractivity contribution in [2.45, 2.75) is 0 Å². The average Bonchev–Trinajstić information content (AvgIpc) is 3.08. The minimum atomic E-state index is -1.38. The van der Waals surface area contributed by atoms with Crippen LogP contribution in [0.3, 0.4) is 0 Å². The Balaban J connectivity index is 1.59. The van der Waals surface area contributed by atoms with Gasteiger partial charge in [0.1, 0.15) is 0 Å². The third-order valence-corrected chi connectivity index (χ3v) is 84.5. The Morgan fingerprint density at radius 2 is 0.500 bits per heavy atom. The first-order valence-electron chi connectivity index (χ1n) is 15.1. The van der Waals surface area contributed by atoms with Crippen molar-refractivity contribution in [1.29, 1.82) is 0 Å². The molecule has 0 N–H and O–H groups in total. The highest BCUT2D eigenvalue weighted by Crippen LogP contribution is 2.08. The lowest BCUT2D eigenvalue weighted by Gasteiger charge is -2.37. The van der Waals surface area contributed by atoms with E-state index < -0.39 is 49.4 Å². The van der Waals surface area contributed by atoms with Crippen molar-refractivity contribution in [2.24, 2.45) is 0 Å². The summed E-state index contributed by atoms with van der Waals surface area (Å²) >= 11 is 0. The van der Waals surface area contributed by atoms with Gasteiger partial charge in [-0.1, -0.05) is 213 Å². The van der Waals surface area contributed by atoms with Gasteiger partial charge in [-0.05, 0) is 0 Å². The molecule has 6 heteroatoms. The van der Waals surface area contributed by atoms with E-state index in [1.165, 1.54) is 0 Å². The fraction of sp³-hybridized carbons (Fsp3) is 0. The maximum Gasteiger partial charge on any atom is 0.0584 e. The van der Waals surface area contributed by atoms with Gasteiger partial charge in [-0.15, -0.1) is 0 Å². The van der Waals surface area contributed by atoms with Gasteiger partial charge in [-0.2, -0.15) is 0 Å². The molecule has 0 fully saturated rings. The van der Waals surface area contributed by atoms with Crippen molar-refractivity contribution in [2.75, 3.05) is 0 Å². The molecule has 6 rings (SSSR count). The van der Waals surface area contributed by atoms with E-state index in [-0.39, 0.29) is 0 Å². The van der Waals surface area contributed by atoms with Crippen molar-refractivity contribution in [3.8, 4) is 0 Å². The van der Waals surface area contributed by atoms with Crippen molar-refractivity contribution in [3.05, 3.63) is 182 Å². The molecule has 4 atom stereocenters. The Hall–Kier alpha value is -3.38. The highest BCUT2D eigenvalue weighted by molar-refractivity contribution is 7.85. The summed E-state index contributed by atoms with van der Waals surface area (Å²) in [4.78, 5) is 0. The summed E-state index contributed by atoms with van der Waals surface area (Å²) in [5.74, 6) is 0. The second kappa shape index (κ2) is 14.7. The second-order valence-corrected chi connectivity index (χ2v) is 52.4. The molecule has 0 aliphatic rings. The van der Waals surface area contributed by atoms with E-state index in [1.807, 2.05) is 0 Å². The number of benzene rings is 6. The van der Waals surface area contributed by atoms with Crippen LogP contribution in [0.5, 0.6) is 0 Å². The molecule has 0 saturated carbocycles. The van der Waals surface area contributed by atoms with E-state index in [4.69, 9.17) is 0 Å². The highest BCUT2D eigenvalue weighted by atomic mass is 29.9. The lowest BCUT2D eigenvalue weighted by atomic mass is 10.4. The first-order chi connectivity index (χ1) is 20.9. The van der Waals surface area contributed by atoms with Crippen molar-refractivity contribution >= 4 is 80.5 Å². The predicted molar refractivity (Wildman–Crippen MR) is 202 cm³/mol. The molecule has 206 valence electrons. The molecule has 6 aromatic rings. The van der Waals surface area contributed by atoms with Gasteiger partial charge >= 0.3 is 0 Å². The molecule has 0 nitrogen and oxygen atoms in total. The summed E-state index contributed by atoms with van der Waals surface area (Å²) in [7, 11) is -6.20. The van der Waals surface area contributed by atoms with E-state index >= 15 is 0 Å². The van der Waals surface area contributed by atoms with Crippen LogP contribution in [0, 0.1) is 0 Å². The Morgan fingerprint density at radius 3 is 0.786 bits per heavy atom. The first-order valence-corrected chi connectivity index (χ1v) is 33.4. The fourth-order valence-electron chi connectivity index (χ4n) is 6.77. The van der Waals surface area contributed by atoms with E-state index in [9.17, 15) is 0 Å². The minimum absolute atomic E-state index is 0.444. The molecule has 0 amide bonds. The third kappa shape index (κ3) is 7.15. The molecule has 0 aliphatic heterocycles. The van der Waals surface area contributed by atoms with E-state index in [0.717, 1.165) is 0 Å². The van der Waals surface area contributed by atoms with Crippen molar-refractivity contribution < 1.29 is 0 Å². The second-order valence-electron chi connectivity index (χ2n) is 11.3. The van der Waals surface area contributed by atoms with Crippen LogP contribution in [-0.4, -0.2) is 49.4 Å². The third-order valence-electron chi connectivity index (χ3n) is 8.68. The molecule has 0 bridgehead atoms. The quantitative estimate of drug-likeness (QED) is 0.184. The monoisotopic (exact) mass is 638 g/mol. The molecule has 0 spiro atoms. The van der Waals surface area contributed by atoms with Gasteiger partial charge in [0.25, 0.3) is 0 Å². The largest absolute Gasteiger partial charge is 0.0697 e. The molecular weight excluding hydrogens is 601 g/mol. The van der Waals surface area contributed by atoms with Gasteiger partial charge in [-0.25, -0.2) is 0 Å². The molecule has 0 radical (unpaired) electrons. The zero-order chi connectivity index (χ0) is 28.4. The Labute approximate surface area is 261 Å². The zero-order valence-electron chi connectivity index (χ0n) is 24.0. The number of rotatable bonds is 11. The summed E-state index contributed by atoms with van der Waals surface area (Å²) in [6.45, 7) is 0. The normalized spacial score (nSPS) is 14.6. The van der Waals surface area contributed by atoms with Crippen molar-refractivity contribution in [3.63, 3.8) is 0 Å². The summed E-state index contributed by atoms with van der Waals surface area (Å²) in [6.07, 6.45) is 0. The predicted octanol–water partition coefficient (Wildman–Crippen LogP) is 0.741. The maximum atomic E-state index is 2.54. The molecule has 6 aromatic carbocycles. The van der Waals surface area contributed by atoms with Crippen LogP contribution >= 0.6 is 0 Å². The average molecular weight is 639 g/mol. The number of hydrogen-bond acceptors (Lipinski definition) is 0. The highest BCUT2D eigenvalue weighted by Gasteiger charge is 2.42. The van der Waals surface area contributed by atoms with Crippen LogP contribution in [0.4, 0.5) is 0 Å². The van der Waals surface area contributed by atoms with Crippen LogP contribution in [-0.2, 0) is 0 Å². The molecule has 0 saturated heterocycles. The SMILES string of the molecule is c1ccc([SiH2][SiH](c2ccccc2)[SiH](c2ccccc2)[SiH](c2ccccc2)[SiH]([SiH2]c2ccccc2)c2ccccc2)cc1. The first kappa shape index (κ1) is 28.7. The molecule has 42 heavy (non-hydrogen) atoms. The maximum absolute atomic E-state index is 2.54. The van der Waals surface area contributed by atoms with E-state index in [1.54, 1.807) is 31.1 Å². The topological polar surface area (TPSA) is 0 Å². The summed E-state index contributed by atoms with van der Waals surface area (Å²) < 4.78 is 0. The lowest BCUT2D eigenvalue weighted by molar-refractivity contribution is 1.75. The van der Waals surface area contributed by atoms with Crippen molar-refractivity contribution in [1.82, 2.24) is 0 Å². The zero-order valence-corrected chi connectivity index (χ0v) is 31.5. The lowest BCUT2D eigenvalue weighted by Crippen LogP contribution is -2.76. The van der Waals surface area contributed by atoms with Gasteiger partial charge in [-0.3, -0.25) is 0 Å². The van der Waals surface area contributed by atoms with Gasteiger partial charge < -0.3 is 0 Å². The Morgan fingerprint density at radius 1 is 0.262 bits per heavy atom. The standard InChI is InChI=1S/C36H38Si6/c1-7-19-31(20-8-1)37-39(33-23-11-3-12-24-33)41(35-27-15-5-16-28-35)42(36-29-17-6-18-30-36)40(34-25-13-4-14-26-34)38-32-21-9-2-10-22-32/h1-30,39-42H,37-38H2. The minimum Gasteiger partial charge on any atom is -0.0697 e. The fourth-order valence-corrected chi connectivity index (χ4v) is 126. The molecular formula is C36H38Si6. The van der Waals surface area contributed by atoms with Crippen LogP contribution in [0.25, 0.3) is 0 Å². The van der Waals surface area contributed by atoms with Crippen LogP contribution < -0.4 is 31.1 Å². The van der Waals surface area contributed by atoms with Gasteiger partial charge in [0.15, 0.2) is 0 Å². The van der Waals surface area contributed by atoms with E-state index in [0.29, 0.717) is 0 Å². The molecule has 4 unspecified atom stereocenters. The molecule has 0 aliphatic carbocycles. The summed E-state index contributed by atoms with van der Waals surface area (Å²) in [6, 6.07) is 70.9. The van der Waals surface area contributed by atoms with Gasteiger partial charge in [0.05, 0.1) is 31.3 Å². The van der Waals surface area contributed by atoms with Crippen LogP contribution in [0.15, 0.2) is 182 Å². The Bertz CT molecular complexity index is 1490. The smallest absolute Gasteiger partial charge is 0.0584 e. The molecule has 0 heterocycles. The van der Waals surface area contributed by atoms with Crippen LogP contribution in [0.2, 0.25) is 0 Å². The van der Waals surface area contributed by atoms with Crippen LogP contribution in [0.1, 0.15) is 0 Å². The van der Waals surface area contributed by atoms with Gasteiger partial charge in [0, 0.05) is 18.1 Å². The molecule has 0 aromatic heterocycles. The summed E-state index contributed by atoms with van der Waals surface area (Å²) in [5.41, 5.74) is 0. The van der Waals surface area contributed by atoms with Gasteiger partial charge in [0.2, 0.25) is 0 Å². The van der Waals surface area contributed by atoms with E-state index in [2.05, 4.69) is 182 Å². The Kier molecular flexibility index (Phi) is 10.0. The summed E-state index contributed by atoms with van der Waals surface area (Å²) in [5, 5.41) is 10.3. The number of hydrogen-bond donors (Lipinski definition) is 0.